The molecule has 0 aliphatic heterocycles. The van der Waals surface area contributed by atoms with E-state index in [1.807, 2.05) is 71.0 Å². The van der Waals surface area contributed by atoms with Crippen molar-refractivity contribution in [1.82, 2.24) is 4.31 Å². The fraction of sp³-hybridized carbons (Fsp3) is 0.308. The summed E-state index contributed by atoms with van der Waals surface area (Å²) >= 11 is 0. The van der Waals surface area contributed by atoms with Gasteiger partial charge in [0, 0.05) is 6.54 Å². The second-order valence-electron chi connectivity index (χ2n) is 8.04. The molecule has 0 amide bonds. The van der Waals surface area contributed by atoms with Gasteiger partial charge < -0.3 is 0 Å². The highest BCUT2D eigenvalue weighted by atomic mass is 32.2. The monoisotopic (exact) mass is 434 g/mol. The van der Waals surface area contributed by atoms with Gasteiger partial charge in [-0.3, -0.25) is 0 Å². The zero-order chi connectivity index (χ0) is 23.2. The summed E-state index contributed by atoms with van der Waals surface area (Å²) in [5.74, 6) is 0.0402. The van der Waals surface area contributed by atoms with Crippen LogP contribution in [0.3, 0.4) is 0 Å². The van der Waals surface area contributed by atoms with Crippen molar-refractivity contribution in [2.75, 3.05) is 6.54 Å². The van der Waals surface area contributed by atoms with Gasteiger partial charge in [0.2, 0.25) is 10.0 Å². The van der Waals surface area contributed by atoms with Gasteiger partial charge in [0.1, 0.15) is 0 Å². The van der Waals surface area contributed by atoms with Crippen molar-refractivity contribution in [1.29, 1.82) is 5.26 Å². The summed E-state index contributed by atoms with van der Waals surface area (Å²) in [7, 11) is -3.77. The molecule has 0 saturated heterocycles. The van der Waals surface area contributed by atoms with E-state index < -0.39 is 10.0 Å². The molecule has 0 fully saturated rings. The molecule has 5 heteroatoms. The van der Waals surface area contributed by atoms with Gasteiger partial charge in [0.15, 0.2) is 0 Å². The van der Waals surface area contributed by atoms with Gasteiger partial charge in [-0.15, -0.1) is 5.73 Å². The SMILES string of the molecule is C=C=C[C@H](C(C)C)N(C/C=C/c1ccc(C#N)cc1)S(=O)(=O)c1c(C)cc(C)cc1C. The van der Waals surface area contributed by atoms with Crippen LogP contribution in [0.4, 0.5) is 0 Å². The maximum atomic E-state index is 13.8. The van der Waals surface area contributed by atoms with Crippen LogP contribution in [-0.2, 0) is 10.0 Å². The second kappa shape index (κ2) is 10.4. The molecule has 0 N–H and O–H groups in total. The topological polar surface area (TPSA) is 61.2 Å². The normalized spacial score (nSPS) is 12.7. The Bertz CT molecular complexity index is 1120. The fourth-order valence-corrected chi connectivity index (χ4v) is 5.83. The Kier molecular flexibility index (Phi) is 8.19. The summed E-state index contributed by atoms with van der Waals surface area (Å²) in [6, 6.07) is 12.7. The Morgan fingerprint density at radius 1 is 1.10 bits per heavy atom. The highest BCUT2D eigenvalue weighted by molar-refractivity contribution is 7.89. The molecule has 0 aliphatic rings. The molecule has 0 spiro atoms. The molecule has 0 aliphatic carbocycles. The molecular weight excluding hydrogens is 404 g/mol. The minimum Gasteiger partial charge on any atom is -0.207 e. The van der Waals surface area contributed by atoms with Crippen LogP contribution in [0.2, 0.25) is 0 Å². The van der Waals surface area contributed by atoms with Gasteiger partial charge in [-0.1, -0.05) is 62.4 Å². The summed E-state index contributed by atoms with van der Waals surface area (Å²) in [5.41, 5.74) is 6.78. The third-order valence-corrected chi connectivity index (χ3v) is 7.28. The first-order valence-electron chi connectivity index (χ1n) is 10.2. The van der Waals surface area contributed by atoms with E-state index in [0.29, 0.717) is 10.5 Å². The first-order valence-corrected chi connectivity index (χ1v) is 11.7. The largest absolute Gasteiger partial charge is 0.244 e. The third kappa shape index (κ3) is 5.83. The Morgan fingerprint density at radius 3 is 2.16 bits per heavy atom. The van der Waals surface area contributed by atoms with Crippen LogP contribution in [-0.4, -0.2) is 25.3 Å². The Hall–Kier alpha value is -2.90. The molecule has 0 heterocycles. The maximum Gasteiger partial charge on any atom is 0.244 e. The quantitative estimate of drug-likeness (QED) is 0.512. The van der Waals surface area contributed by atoms with Gasteiger partial charge in [-0.2, -0.15) is 9.57 Å². The van der Waals surface area contributed by atoms with E-state index in [1.165, 1.54) is 4.31 Å². The number of aryl methyl sites for hydroxylation is 3. The number of nitriles is 1. The van der Waals surface area contributed by atoms with Crippen LogP contribution in [0.5, 0.6) is 0 Å². The highest BCUT2D eigenvalue weighted by Crippen LogP contribution is 2.28. The van der Waals surface area contributed by atoms with Crippen LogP contribution in [0.15, 0.2) is 65.8 Å². The number of hydrogen-bond donors (Lipinski definition) is 0. The minimum absolute atomic E-state index is 0.0402. The van der Waals surface area contributed by atoms with Gasteiger partial charge >= 0.3 is 0 Å². The molecule has 0 bridgehead atoms. The summed E-state index contributed by atoms with van der Waals surface area (Å²) in [4.78, 5) is 0.355. The van der Waals surface area contributed by atoms with E-state index >= 15 is 0 Å². The van der Waals surface area contributed by atoms with Crippen LogP contribution in [0.25, 0.3) is 6.08 Å². The standard InChI is InChI=1S/C26H30N2O2S/c1-7-9-25(19(2)3)28(15-8-10-23-11-13-24(18-27)14-12-23)31(29,30)26-21(5)16-20(4)17-22(26)6/h8-14,16-17,19,25H,1,15H2,2-6H3/b10-8+/t25-/m1/s1. The number of benzene rings is 2. The van der Waals surface area contributed by atoms with Crippen LogP contribution >= 0.6 is 0 Å². The van der Waals surface area contributed by atoms with Crippen LogP contribution in [0.1, 0.15) is 41.7 Å². The summed E-state index contributed by atoms with van der Waals surface area (Å²) < 4.78 is 29.2. The highest BCUT2D eigenvalue weighted by Gasteiger charge is 2.33. The Balaban J connectivity index is 2.51. The molecule has 31 heavy (non-hydrogen) atoms. The van der Waals surface area contributed by atoms with E-state index in [9.17, 15) is 8.42 Å². The lowest BCUT2D eigenvalue weighted by molar-refractivity contribution is 0.324. The number of nitrogens with zero attached hydrogens (tertiary/aromatic N) is 2. The molecule has 0 saturated carbocycles. The minimum atomic E-state index is -3.77. The zero-order valence-electron chi connectivity index (χ0n) is 18.9. The van der Waals surface area contributed by atoms with Crippen LogP contribution < -0.4 is 0 Å². The number of rotatable bonds is 8. The molecule has 4 nitrogen and oxygen atoms in total. The van der Waals surface area contributed by atoms with E-state index in [-0.39, 0.29) is 18.5 Å². The Labute approximate surface area is 186 Å². The predicted octanol–water partition coefficient (Wildman–Crippen LogP) is 5.55. The van der Waals surface area contributed by atoms with Crippen molar-refractivity contribution in [3.63, 3.8) is 0 Å². The predicted molar refractivity (Wildman–Crippen MR) is 127 cm³/mol. The lowest BCUT2D eigenvalue weighted by atomic mass is 10.0. The van der Waals surface area contributed by atoms with Crippen molar-refractivity contribution in [2.45, 2.75) is 45.6 Å². The van der Waals surface area contributed by atoms with Crippen molar-refractivity contribution in [3.8, 4) is 6.07 Å². The first kappa shape index (κ1) is 24.4. The van der Waals surface area contributed by atoms with Gasteiger partial charge in [-0.05, 0) is 61.6 Å². The molecule has 162 valence electrons. The van der Waals surface area contributed by atoms with E-state index in [2.05, 4.69) is 18.4 Å². The lowest BCUT2D eigenvalue weighted by Crippen LogP contribution is -2.42. The number of hydrogen-bond acceptors (Lipinski definition) is 3. The van der Waals surface area contributed by atoms with Gasteiger partial charge in [-0.25, -0.2) is 8.42 Å². The summed E-state index contributed by atoms with van der Waals surface area (Å²) in [6.45, 7) is 13.5. The molecule has 2 aromatic carbocycles. The molecule has 1 atom stereocenters. The lowest BCUT2D eigenvalue weighted by Gasteiger charge is -2.31. The average Bonchev–Trinajstić information content (AvgIpc) is 2.69. The van der Waals surface area contributed by atoms with Gasteiger partial charge in [0.05, 0.1) is 22.6 Å². The van der Waals surface area contributed by atoms with Crippen molar-refractivity contribution < 1.29 is 8.42 Å². The van der Waals surface area contributed by atoms with Crippen LogP contribution in [0, 0.1) is 38.0 Å². The first-order chi connectivity index (χ1) is 14.6. The van der Waals surface area contributed by atoms with E-state index in [0.717, 1.165) is 22.3 Å². The smallest absolute Gasteiger partial charge is 0.207 e. The summed E-state index contributed by atoms with van der Waals surface area (Å²) in [5, 5.41) is 8.94. The van der Waals surface area contributed by atoms with E-state index in [4.69, 9.17) is 5.26 Å². The zero-order valence-corrected chi connectivity index (χ0v) is 19.7. The van der Waals surface area contributed by atoms with Gasteiger partial charge in [0.25, 0.3) is 0 Å². The average molecular weight is 435 g/mol. The van der Waals surface area contributed by atoms with E-state index in [1.54, 1.807) is 18.2 Å². The van der Waals surface area contributed by atoms with Crippen molar-refractivity contribution in [3.05, 3.63) is 88.7 Å². The second-order valence-corrected chi connectivity index (χ2v) is 9.87. The summed E-state index contributed by atoms with van der Waals surface area (Å²) in [6.07, 6.45) is 5.42. The van der Waals surface area contributed by atoms with Crippen molar-refractivity contribution >= 4 is 16.1 Å². The van der Waals surface area contributed by atoms with Crippen molar-refractivity contribution in [2.24, 2.45) is 5.92 Å². The molecule has 2 aromatic rings. The molecule has 0 radical (unpaired) electrons. The Morgan fingerprint density at radius 2 is 1.68 bits per heavy atom. The molecular formula is C26H30N2O2S. The number of sulfonamides is 1. The fourth-order valence-electron chi connectivity index (χ4n) is 3.76. The molecule has 0 aromatic heterocycles. The maximum absolute atomic E-state index is 13.8. The molecule has 0 unspecified atom stereocenters. The third-order valence-electron chi connectivity index (χ3n) is 5.11. The molecule has 2 rings (SSSR count).